The van der Waals surface area contributed by atoms with E-state index in [1.54, 1.807) is 0 Å². The molecule has 4 aliphatic rings. The fraction of sp³-hybridized carbons (Fsp3) is 0.421. The number of fused-ring (bicyclic) bond motifs is 16. The molecular weight excluding hydrogens is 1090 g/mol. The van der Waals surface area contributed by atoms with Gasteiger partial charge in [0, 0.05) is 137 Å². The van der Waals surface area contributed by atoms with Crippen LogP contribution in [0.5, 0.6) is 23.0 Å². The molecule has 0 radical (unpaired) electrons. The van der Waals surface area contributed by atoms with Crippen molar-refractivity contribution < 1.29 is 68.0 Å². The molecule has 4 aliphatic heterocycles. The molecule has 450 valence electrons. The number of benzene rings is 4. The monoisotopic (exact) mass is 1170 g/mol. The molecule has 3 atom stereocenters. The number of carbonyl (C=O) groups is 9. The number of phenols is 4. The fourth-order valence-electron chi connectivity index (χ4n) is 9.95. The lowest BCUT2D eigenvalue weighted by atomic mass is 10.0. The highest BCUT2D eigenvalue weighted by Crippen LogP contribution is 2.26. The van der Waals surface area contributed by atoms with Gasteiger partial charge in [0.25, 0.3) is 47.3 Å². The predicted molar refractivity (Wildman–Crippen MR) is 304 cm³/mol. The third-order valence-electron chi connectivity index (χ3n) is 14.6. The van der Waals surface area contributed by atoms with Crippen molar-refractivity contribution in [2.24, 2.45) is 0 Å². The molecule has 27 heteroatoms. The van der Waals surface area contributed by atoms with Gasteiger partial charge in [-0.15, -0.1) is 4.39 Å². The van der Waals surface area contributed by atoms with Crippen molar-refractivity contribution in [3.05, 3.63) is 117 Å². The Kier molecular flexibility index (Phi) is 23.1. The van der Waals surface area contributed by atoms with Crippen LogP contribution in [0.15, 0.2) is 72.8 Å². The molecule has 26 nitrogen and oxygen atoms in total. The van der Waals surface area contributed by atoms with Gasteiger partial charge in [-0.3, -0.25) is 58.0 Å². The maximum absolute atomic E-state index is 14.3. The lowest BCUT2D eigenvalue weighted by Crippen LogP contribution is -2.49. The van der Waals surface area contributed by atoms with Gasteiger partial charge in [0.1, 0.15) is 23.0 Å². The van der Waals surface area contributed by atoms with Gasteiger partial charge in [0.2, 0.25) is 0 Å². The Morgan fingerprint density at radius 2 is 0.643 bits per heavy atom. The van der Waals surface area contributed by atoms with Crippen LogP contribution in [-0.4, -0.2) is 230 Å². The number of para-hydroxylation sites is 4. The van der Waals surface area contributed by atoms with Gasteiger partial charge < -0.3 is 68.3 Å². The second kappa shape index (κ2) is 30.9. The summed E-state index contributed by atoms with van der Waals surface area (Å²) in [5, 5.41) is 70.3. The van der Waals surface area contributed by atoms with Crippen LogP contribution in [-0.2, 0) is 0 Å². The number of nitrogens with one attached hydrogen (secondary N) is 9. The zero-order chi connectivity index (χ0) is 60.1. The first-order valence-electron chi connectivity index (χ1n) is 27.9. The van der Waals surface area contributed by atoms with Crippen molar-refractivity contribution in [3.63, 3.8) is 0 Å². The molecule has 0 aromatic heterocycles. The van der Waals surface area contributed by atoms with E-state index in [0.29, 0.717) is 12.8 Å². The number of hydrogen-bond acceptors (Lipinski definition) is 17. The van der Waals surface area contributed by atoms with Crippen LogP contribution in [0.3, 0.4) is 0 Å². The van der Waals surface area contributed by atoms with E-state index >= 15 is 0 Å². The van der Waals surface area contributed by atoms with Crippen LogP contribution in [0.25, 0.3) is 0 Å². The van der Waals surface area contributed by atoms with Gasteiger partial charge in [0.05, 0.1) is 44.5 Å². The summed E-state index contributed by atoms with van der Waals surface area (Å²) in [4.78, 5) is 129. The number of phenolic OH excluding ortho intramolecular Hbond substituents is 4. The van der Waals surface area contributed by atoms with Crippen molar-refractivity contribution in [2.45, 2.75) is 25.3 Å². The molecule has 3 unspecified atom stereocenters. The normalized spacial score (nSPS) is 21.8. The maximum atomic E-state index is 14.3. The van der Waals surface area contributed by atoms with Crippen LogP contribution in [0.1, 0.15) is 102 Å². The van der Waals surface area contributed by atoms with Crippen LogP contribution >= 0.6 is 0 Å². The van der Waals surface area contributed by atoms with E-state index in [2.05, 4.69) is 47.9 Å². The number of hydrogen-bond donors (Lipinski definition) is 13. The zero-order valence-electron chi connectivity index (χ0n) is 46.4. The smallest absolute Gasteiger partial charge is 0.397 e. The minimum Gasteiger partial charge on any atom is -0.506 e. The highest BCUT2D eigenvalue weighted by molar-refractivity contribution is 6.06. The van der Waals surface area contributed by atoms with Crippen LogP contribution in [0.4, 0.5) is 9.18 Å². The van der Waals surface area contributed by atoms with Crippen LogP contribution in [0.2, 0.25) is 0 Å². The van der Waals surface area contributed by atoms with E-state index < -0.39 is 82.5 Å². The Bertz CT molecular complexity index is 2970. The standard InChI is InChI=1S/C57H72FN13O13/c58-57(84)66-16-2-1-7-36-35-71-30-23-65-54(81)42-13-5-12-41(47(42)74)51(78)61-19-26-69(27-20-64-55(82)43-14-6-15-44(48(43)75)56(83)67-36)32-31-68-24-17-59-49(76)37-8-3-10-39(45(37)72)52(79)62-21-28-70(33-34-71)29-22-63-53(80)40-11-4-9-38(46(40)73)50(77)60-18-25-68/h3-6,8-15,36,72-75H,1-2,7,16-35H2,(H,59,76)(H,60,77)(H,61,78)(H,62,79)(H,63,80)(H,64,82)(H,65,81)(H,66,84)(H,67,83). The molecule has 0 saturated heterocycles. The Morgan fingerprint density at radius 1 is 0.393 bits per heavy atom. The van der Waals surface area contributed by atoms with Crippen molar-refractivity contribution in [2.75, 3.05) is 131 Å². The largest absolute Gasteiger partial charge is 0.506 e. The number of aromatic hydroxyl groups is 4. The van der Waals surface area contributed by atoms with Gasteiger partial charge in [-0.25, -0.2) is 4.79 Å². The van der Waals surface area contributed by atoms with E-state index in [4.69, 9.17) is 0 Å². The summed E-state index contributed by atoms with van der Waals surface area (Å²) < 4.78 is 13.1. The number of unbranched alkanes of at least 4 members (excludes halogenated alkanes) is 1. The molecule has 4 aromatic carbocycles. The molecule has 12 bridgehead atoms. The quantitative estimate of drug-likeness (QED) is 0.0706. The number of carbonyl (C=O) groups excluding carboxylic acids is 9. The maximum Gasteiger partial charge on any atom is 0.397 e. The van der Waals surface area contributed by atoms with Crippen LogP contribution in [0, 0.1) is 0 Å². The number of rotatable bonds is 5. The minimum atomic E-state index is -1.71. The molecule has 0 spiro atoms. The molecule has 0 fully saturated rings. The van der Waals surface area contributed by atoms with Crippen molar-refractivity contribution in [3.8, 4) is 23.0 Å². The first-order valence-corrected chi connectivity index (χ1v) is 27.9. The molecule has 84 heavy (non-hydrogen) atoms. The van der Waals surface area contributed by atoms with Gasteiger partial charge in [0.15, 0.2) is 0 Å². The summed E-state index contributed by atoms with van der Waals surface area (Å²) in [5.74, 6) is -7.82. The average Bonchev–Trinajstić information content (AvgIpc) is 3.66. The summed E-state index contributed by atoms with van der Waals surface area (Å²) in [5.41, 5.74) is -1.44. The third kappa shape index (κ3) is 17.6. The number of nitrogens with zero attached hydrogens (tertiary/aromatic N) is 4. The highest BCUT2D eigenvalue weighted by Gasteiger charge is 2.27. The predicted octanol–water partition coefficient (Wildman–Crippen LogP) is -0.0852. The van der Waals surface area contributed by atoms with Crippen molar-refractivity contribution >= 4 is 53.4 Å². The molecule has 8 rings (SSSR count). The van der Waals surface area contributed by atoms with Gasteiger partial charge >= 0.3 is 6.16 Å². The first-order chi connectivity index (χ1) is 40.5. The van der Waals surface area contributed by atoms with Crippen LogP contribution < -0.4 is 47.9 Å². The molecule has 4 heterocycles. The SMILES string of the molecule is O=C(F)NCCCCC1CN2CCNC(=O)c3cccc(c3O)C(=O)NCCN(CCNC(=O)c3cccc(c3O)C(=O)N1)CCN1CCNC(=O)c3cccc(c3O)C(=O)NCCN(CCNC(=O)c3cccc(c3O)C(=O)NCC1)CC2. The van der Waals surface area contributed by atoms with E-state index in [9.17, 15) is 68.0 Å². The zero-order valence-corrected chi connectivity index (χ0v) is 46.4. The Hall–Kier alpha value is -8.92. The summed E-state index contributed by atoms with van der Waals surface area (Å²) in [7, 11) is 0. The molecule has 4 aromatic rings. The Morgan fingerprint density at radius 3 is 0.917 bits per heavy atom. The molecular formula is C57H72FN13O13. The third-order valence-corrected chi connectivity index (χ3v) is 14.6. The first kappa shape index (κ1) is 62.7. The van der Waals surface area contributed by atoms with Gasteiger partial charge in [-0.2, -0.15) is 0 Å². The molecule has 0 saturated carbocycles. The van der Waals surface area contributed by atoms with E-state index in [-0.39, 0.29) is 182 Å². The van der Waals surface area contributed by atoms with Gasteiger partial charge in [-0.1, -0.05) is 24.3 Å². The molecule has 0 aliphatic carbocycles. The molecule has 9 amide bonds. The fourth-order valence-corrected chi connectivity index (χ4v) is 9.95. The lowest BCUT2D eigenvalue weighted by Gasteiger charge is -2.31. The van der Waals surface area contributed by atoms with E-state index in [1.165, 1.54) is 72.8 Å². The Balaban J connectivity index is 1.32. The van der Waals surface area contributed by atoms with Crippen molar-refractivity contribution in [1.82, 2.24) is 67.5 Å². The summed E-state index contributed by atoms with van der Waals surface area (Å²) in [6, 6.07) is 16.0. The van der Waals surface area contributed by atoms with Gasteiger partial charge in [-0.05, 0) is 67.8 Å². The summed E-state index contributed by atoms with van der Waals surface area (Å²) >= 11 is 0. The lowest BCUT2D eigenvalue weighted by molar-refractivity contribution is 0.0896. The van der Waals surface area contributed by atoms with Crippen molar-refractivity contribution in [1.29, 1.82) is 0 Å². The molecule has 13 N–H and O–H groups in total. The minimum absolute atomic E-state index is 0.00367. The second-order valence-electron chi connectivity index (χ2n) is 20.3. The average molecular weight is 1170 g/mol. The number of halogens is 1. The second-order valence-corrected chi connectivity index (χ2v) is 20.3. The Labute approximate surface area is 483 Å². The van der Waals surface area contributed by atoms with E-state index in [1.807, 2.05) is 19.6 Å². The summed E-state index contributed by atoms with van der Waals surface area (Å²) in [6.45, 7) is 1.64. The topological polar surface area (TPSA) is 356 Å². The number of amides is 9. The highest BCUT2D eigenvalue weighted by atomic mass is 19.1. The van der Waals surface area contributed by atoms with E-state index in [0.717, 1.165) is 0 Å². The summed E-state index contributed by atoms with van der Waals surface area (Å²) in [6.07, 6.45) is -0.830.